The molecule has 4 aromatic heterocycles. The summed E-state index contributed by atoms with van der Waals surface area (Å²) in [6.07, 6.45) is -0.739. The van der Waals surface area contributed by atoms with Gasteiger partial charge in [0.25, 0.3) is 5.79 Å². The van der Waals surface area contributed by atoms with Crippen LogP contribution in [0.5, 0.6) is 5.75 Å². The molecule has 170 valence electrons. The number of hydrogen-bond acceptors (Lipinski definition) is 9. The van der Waals surface area contributed by atoms with Gasteiger partial charge in [-0.2, -0.15) is 27.9 Å². The minimum absolute atomic E-state index is 0.122. The van der Waals surface area contributed by atoms with Gasteiger partial charge < -0.3 is 14.8 Å². The maximum absolute atomic E-state index is 13.0. The van der Waals surface area contributed by atoms with Crippen LogP contribution in [-0.2, 0) is 23.0 Å². The van der Waals surface area contributed by atoms with Gasteiger partial charge in [0.05, 0.1) is 24.9 Å². The van der Waals surface area contributed by atoms with Gasteiger partial charge in [-0.3, -0.25) is 4.68 Å². The number of fused-ring (bicyclic) bond motifs is 2. The molecule has 1 unspecified atom stereocenters. The number of nitrogens with zero attached hydrogens (tertiary/aromatic N) is 7. The number of aromatic nitrogens is 7. The Bertz CT molecular complexity index is 1350. The minimum Gasteiger partial charge on any atom is -0.446 e. The maximum atomic E-state index is 13.0. The van der Waals surface area contributed by atoms with Crippen molar-refractivity contribution >= 4 is 17.4 Å². The second-order valence-electron chi connectivity index (χ2n) is 7.29. The van der Waals surface area contributed by atoms with E-state index in [0.717, 1.165) is 0 Å². The third-order valence-electron chi connectivity index (χ3n) is 4.86. The molecule has 5 rings (SSSR count). The van der Waals surface area contributed by atoms with Gasteiger partial charge in [0.2, 0.25) is 0 Å². The molecule has 0 radical (unpaired) electrons. The normalized spacial score (nSPS) is 17.8. The van der Waals surface area contributed by atoms with Crippen LogP contribution in [0.1, 0.15) is 5.82 Å². The number of esters is 1. The number of aryl methyl sites for hydroxylation is 1. The zero-order valence-electron chi connectivity index (χ0n) is 16.9. The summed E-state index contributed by atoms with van der Waals surface area (Å²) in [6, 6.07) is 6.39. The zero-order chi connectivity index (χ0) is 23.2. The Morgan fingerprint density at radius 2 is 2.15 bits per heavy atom. The van der Waals surface area contributed by atoms with Gasteiger partial charge in [-0.15, -0.1) is 10.2 Å². The van der Waals surface area contributed by atoms with Crippen molar-refractivity contribution in [3.05, 3.63) is 48.7 Å². The minimum atomic E-state index is -5.22. The van der Waals surface area contributed by atoms with Crippen molar-refractivity contribution < 1.29 is 27.4 Å². The average Bonchev–Trinajstić information content (AvgIpc) is 3.39. The van der Waals surface area contributed by atoms with Crippen LogP contribution in [0.2, 0.25) is 0 Å². The van der Waals surface area contributed by atoms with Gasteiger partial charge in [-0.1, -0.05) is 0 Å². The van der Waals surface area contributed by atoms with Crippen molar-refractivity contribution in [2.24, 2.45) is 7.05 Å². The lowest BCUT2D eigenvalue weighted by Crippen LogP contribution is -2.53. The summed E-state index contributed by atoms with van der Waals surface area (Å²) in [6.45, 7) is -0.309. The van der Waals surface area contributed by atoms with E-state index < -0.39 is 17.9 Å². The third-order valence-corrected chi connectivity index (χ3v) is 4.86. The summed E-state index contributed by atoms with van der Waals surface area (Å²) in [4.78, 5) is 15.8. The topological polar surface area (TPSA) is 121 Å². The van der Waals surface area contributed by atoms with E-state index in [1.165, 1.54) is 22.8 Å². The number of nitrogens with one attached hydrogen (secondary N) is 1. The third kappa shape index (κ3) is 3.90. The van der Waals surface area contributed by atoms with E-state index in [1.54, 1.807) is 36.3 Å². The van der Waals surface area contributed by atoms with Crippen LogP contribution in [0.4, 0.5) is 19.0 Å². The zero-order valence-corrected chi connectivity index (χ0v) is 16.9. The van der Waals surface area contributed by atoms with Crippen molar-refractivity contribution in [1.29, 1.82) is 0 Å². The van der Waals surface area contributed by atoms with Crippen molar-refractivity contribution in [3.63, 3.8) is 0 Å². The Kier molecular flexibility index (Phi) is 4.65. The fourth-order valence-corrected chi connectivity index (χ4v) is 3.37. The standard InChI is InChI=1S/C19H15F3N8O3/c1-29-9-11(8-25-29)12-4-5-14-26-27-15(30(14)28-12)7-18(33-17(31)19(20,21)22)10-24-16-13(32-18)3-2-6-23-16/h2-6,8-9H,7,10H2,1H3,(H,23,24). The van der Waals surface area contributed by atoms with Crippen LogP contribution < -0.4 is 10.1 Å². The Morgan fingerprint density at radius 1 is 1.30 bits per heavy atom. The lowest BCUT2D eigenvalue weighted by molar-refractivity contribution is -0.238. The first-order valence-electron chi connectivity index (χ1n) is 9.61. The second kappa shape index (κ2) is 7.43. The summed E-state index contributed by atoms with van der Waals surface area (Å²) in [7, 11) is 1.76. The van der Waals surface area contributed by atoms with Gasteiger partial charge in [0, 0.05) is 25.0 Å². The molecule has 1 aliphatic heterocycles. The van der Waals surface area contributed by atoms with E-state index in [4.69, 9.17) is 9.47 Å². The summed E-state index contributed by atoms with van der Waals surface area (Å²) >= 11 is 0. The fourth-order valence-electron chi connectivity index (χ4n) is 3.37. The van der Waals surface area contributed by atoms with Gasteiger partial charge in [0.15, 0.2) is 23.0 Å². The average molecular weight is 460 g/mol. The molecule has 0 bridgehead atoms. The molecule has 33 heavy (non-hydrogen) atoms. The first-order valence-corrected chi connectivity index (χ1v) is 9.61. The van der Waals surface area contributed by atoms with Gasteiger partial charge >= 0.3 is 12.1 Å². The summed E-state index contributed by atoms with van der Waals surface area (Å²) in [5, 5.41) is 19.5. The smallest absolute Gasteiger partial charge is 0.446 e. The number of pyridine rings is 1. The molecule has 11 nitrogen and oxygen atoms in total. The predicted octanol–water partition coefficient (Wildman–Crippen LogP) is 1.77. The number of hydrogen-bond donors (Lipinski definition) is 1. The Labute approximate surface area is 183 Å². The van der Waals surface area contributed by atoms with Crippen LogP contribution >= 0.6 is 0 Å². The van der Waals surface area contributed by atoms with E-state index in [9.17, 15) is 18.0 Å². The van der Waals surface area contributed by atoms with Crippen LogP contribution in [0.15, 0.2) is 42.9 Å². The maximum Gasteiger partial charge on any atom is 0.491 e. The van der Waals surface area contributed by atoms with E-state index >= 15 is 0 Å². The highest BCUT2D eigenvalue weighted by Crippen LogP contribution is 2.35. The number of ether oxygens (including phenoxy) is 2. The lowest BCUT2D eigenvalue weighted by Gasteiger charge is -2.37. The number of halogens is 3. The van der Waals surface area contributed by atoms with E-state index in [1.807, 2.05) is 0 Å². The summed E-state index contributed by atoms with van der Waals surface area (Å²) < 4.78 is 52.6. The first kappa shape index (κ1) is 20.7. The Balaban J connectivity index is 1.53. The van der Waals surface area contributed by atoms with Gasteiger partial charge in [0.1, 0.15) is 0 Å². The highest BCUT2D eigenvalue weighted by atomic mass is 19.4. The monoisotopic (exact) mass is 460 g/mol. The highest BCUT2D eigenvalue weighted by molar-refractivity contribution is 5.76. The molecule has 0 amide bonds. The number of alkyl halides is 3. The lowest BCUT2D eigenvalue weighted by atomic mass is 10.1. The molecule has 0 aromatic carbocycles. The largest absolute Gasteiger partial charge is 0.491 e. The summed E-state index contributed by atoms with van der Waals surface area (Å²) in [5.74, 6) is -3.91. The van der Waals surface area contributed by atoms with Crippen LogP contribution in [0, 0.1) is 0 Å². The van der Waals surface area contributed by atoms with Crippen molar-refractivity contribution in [3.8, 4) is 17.0 Å². The molecule has 1 atom stereocenters. The van der Waals surface area contributed by atoms with Crippen molar-refractivity contribution in [2.75, 3.05) is 11.9 Å². The molecule has 4 aromatic rings. The molecule has 1 N–H and O–H groups in total. The van der Waals surface area contributed by atoms with E-state index in [-0.39, 0.29) is 24.5 Å². The molecule has 1 aliphatic rings. The molecule has 0 spiro atoms. The van der Waals surface area contributed by atoms with Crippen molar-refractivity contribution in [2.45, 2.75) is 18.4 Å². The highest BCUT2D eigenvalue weighted by Gasteiger charge is 2.50. The quantitative estimate of drug-likeness (QED) is 0.454. The molecule has 5 heterocycles. The van der Waals surface area contributed by atoms with Crippen LogP contribution in [-0.4, -0.2) is 59.1 Å². The second-order valence-corrected chi connectivity index (χ2v) is 7.29. The molecular weight excluding hydrogens is 445 g/mol. The molecule has 0 fully saturated rings. The van der Waals surface area contributed by atoms with Crippen LogP contribution in [0.25, 0.3) is 16.9 Å². The Morgan fingerprint density at radius 3 is 2.91 bits per heavy atom. The fraction of sp³-hybridized carbons (Fsp3) is 0.263. The SMILES string of the molecule is Cn1cc(-c2ccc3nnc(CC4(OC(=O)C(F)(F)F)CNc5ncccc5O4)n3n2)cn1. The molecular formula is C19H15F3N8O3. The Hall–Kier alpha value is -4.23. The number of carbonyl (C=O) groups is 1. The molecule has 0 aliphatic carbocycles. The van der Waals surface area contributed by atoms with Gasteiger partial charge in [-0.05, 0) is 24.3 Å². The summed E-state index contributed by atoms with van der Waals surface area (Å²) in [5.41, 5.74) is 1.60. The van der Waals surface area contributed by atoms with E-state index in [2.05, 4.69) is 30.7 Å². The van der Waals surface area contributed by atoms with E-state index in [0.29, 0.717) is 22.7 Å². The molecule has 0 saturated heterocycles. The first-order chi connectivity index (χ1) is 15.7. The van der Waals surface area contributed by atoms with Crippen molar-refractivity contribution in [1.82, 2.24) is 34.6 Å². The number of carbonyl (C=O) groups excluding carboxylic acids is 1. The molecule has 0 saturated carbocycles. The molecule has 14 heteroatoms. The van der Waals surface area contributed by atoms with Gasteiger partial charge in [-0.25, -0.2) is 9.78 Å². The number of anilines is 1. The number of rotatable bonds is 4. The van der Waals surface area contributed by atoms with Crippen LogP contribution in [0.3, 0.4) is 0 Å². The predicted molar refractivity (Wildman–Crippen MR) is 105 cm³/mol.